The normalized spacial score (nSPS) is 36.8. The van der Waals surface area contributed by atoms with Crippen LogP contribution in [0.3, 0.4) is 0 Å². The van der Waals surface area contributed by atoms with E-state index in [4.69, 9.17) is 0 Å². The van der Waals surface area contributed by atoms with Crippen molar-refractivity contribution in [2.24, 2.45) is 5.92 Å². The SMILES string of the molecule is CC1C2CCCN1NC(Cc1ccccc1)C2. The van der Waals surface area contributed by atoms with Gasteiger partial charge in [0.15, 0.2) is 0 Å². The lowest BCUT2D eigenvalue weighted by molar-refractivity contribution is -0.0139. The van der Waals surface area contributed by atoms with Gasteiger partial charge in [0, 0.05) is 18.6 Å². The second-order valence-electron chi connectivity index (χ2n) is 5.59. The molecule has 2 aliphatic rings. The largest absolute Gasteiger partial charge is 0.252 e. The van der Waals surface area contributed by atoms with Crippen LogP contribution >= 0.6 is 0 Å². The molecule has 17 heavy (non-hydrogen) atoms. The summed E-state index contributed by atoms with van der Waals surface area (Å²) in [6.45, 7) is 3.60. The minimum atomic E-state index is 0.638. The molecule has 2 heteroatoms. The maximum Gasteiger partial charge on any atom is 0.0259 e. The molecule has 1 aromatic rings. The standard InChI is InChI=1S/C15H22N2/c1-12-14-8-5-9-17(12)16-15(11-14)10-13-6-3-2-4-7-13/h2-4,6-7,12,14-16H,5,8-11H2,1H3. The summed E-state index contributed by atoms with van der Waals surface area (Å²) in [6.07, 6.45) is 5.29. The van der Waals surface area contributed by atoms with Gasteiger partial charge in [-0.05, 0) is 44.1 Å². The van der Waals surface area contributed by atoms with E-state index in [9.17, 15) is 0 Å². The van der Waals surface area contributed by atoms with E-state index in [-0.39, 0.29) is 0 Å². The summed E-state index contributed by atoms with van der Waals surface area (Å²) in [5.74, 6) is 0.902. The van der Waals surface area contributed by atoms with Crippen LogP contribution in [0.15, 0.2) is 30.3 Å². The zero-order valence-corrected chi connectivity index (χ0v) is 10.6. The molecule has 3 rings (SSSR count). The monoisotopic (exact) mass is 230 g/mol. The number of rotatable bonds is 2. The van der Waals surface area contributed by atoms with Crippen LogP contribution in [0.25, 0.3) is 0 Å². The third kappa shape index (κ3) is 2.38. The summed E-state index contributed by atoms with van der Waals surface area (Å²) >= 11 is 0. The highest BCUT2D eigenvalue weighted by molar-refractivity contribution is 5.16. The van der Waals surface area contributed by atoms with Gasteiger partial charge in [0.2, 0.25) is 0 Å². The van der Waals surface area contributed by atoms with E-state index in [1.165, 1.54) is 37.8 Å². The lowest BCUT2D eigenvalue weighted by Crippen LogP contribution is -2.60. The number of hydrazine groups is 1. The Morgan fingerprint density at radius 2 is 2.12 bits per heavy atom. The van der Waals surface area contributed by atoms with Crippen molar-refractivity contribution in [1.29, 1.82) is 0 Å². The van der Waals surface area contributed by atoms with Crippen molar-refractivity contribution in [2.75, 3.05) is 6.54 Å². The highest BCUT2D eigenvalue weighted by atomic mass is 15.5. The van der Waals surface area contributed by atoms with Crippen molar-refractivity contribution in [3.8, 4) is 0 Å². The van der Waals surface area contributed by atoms with Crippen LogP contribution in [0.4, 0.5) is 0 Å². The molecule has 2 heterocycles. The van der Waals surface area contributed by atoms with E-state index in [1.54, 1.807) is 0 Å². The Balaban J connectivity index is 1.66. The molecule has 0 amide bonds. The van der Waals surface area contributed by atoms with Crippen molar-refractivity contribution in [1.82, 2.24) is 10.4 Å². The maximum absolute atomic E-state index is 3.72. The third-order valence-electron chi connectivity index (χ3n) is 4.41. The van der Waals surface area contributed by atoms with Crippen LogP contribution in [0, 0.1) is 5.92 Å². The molecule has 2 fully saturated rings. The van der Waals surface area contributed by atoms with Gasteiger partial charge in [0.1, 0.15) is 0 Å². The molecular weight excluding hydrogens is 208 g/mol. The molecule has 2 bridgehead atoms. The molecule has 1 N–H and O–H groups in total. The smallest absolute Gasteiger partial charge is 0.0259 e. The lowest BCUT2D eigenvalue weighted by atomic mass is 9.82. The van der Waals surface area contributed by atoms with Crippen LogP contribution in [0.5, 0.6) is 0 Å². The van der Waals surface area contributed by atoms with E-state index in [1.807, 2.05) is 0 Å². The summed E-state index contributed by atoms with van der Waals surface area (Å²) < 4.78 is 0. The van der Waals surface area contributed by atoms with Gasteiger partial charge in [-0.2, -0.15) is 0 Å². The second-order valence-corrected chi connectivity index (χ2v) is 5.59. The molecule has 0 aliphatic carbocycles. The first-order valence-electron chi connectivity index (χ1n) is 6.89. The van der Waals surface area contributed by atoms with Gasteiger partial charge >= 0.3 is 0 Å². The molecule has 2 nitrogen and oxygen atoms in total. The number of nitrogens with one attached hydrogen (secondary N) is 1. The van der Waals surface area contributed by atoms with Gasteiger partial charge in [-0.1, -0.05) is 30.3 Å². The molecule has 4 unspecified atom stereocenters. The van der Waals surface area contributed by atoms with Gasteiger partial charge in [-0.25, -0.2) is 5.01 Å². The Morgan fingerprint density at radius 1 is 1.29 bits per heavy atom. The van der Waals surface area contributed by atoms with Crippen LogP contribution in [0.2, 0.25) is 0 Å². The fourth-order valence-electron chi connectivity index (χ4n) is 3.40. The predicted octanol–water partition coefficient (Wildman–Crippen LogP) is 2.61. The van der Waals surface area contributed by atoms with Crippen LogP contribution in [-0.2, 0) is 6.42 Å². The average molecular weight is 230 g/mol. The van der Waals surface area contributed by atoms with E-state index >= 15 is 0 Å². The summed E-state index contributed by atoms with van der Waals surface area (Å²) in [5.41, 5.74) is 5.17. The van der Waals surface area contributed by atoms with Crippen molar-refractivity contribution in [3.63, 3.8) is 0 Å². The summed E-state index contributed by atoms with van der Waals surface area (Å²) in [7, 11) is 0. The van der Waals surface area contributed by atoms with Gasteiger partial charge in [0.25, 0.3) is 0 Å². The van der Waals surface area contributed by atoms with Crippen LogP contribution in [-0.4, -0.2) is 23.6 Å². The average Bonchev–Trinajstić information content (AvgIpc) is 2.32. The van der Waals surface area contributed by atoms with Crippen molar-refractivity contribution in [2.45, 2.75) is 44.7 Å². The summed E-state index contributed by atoms with van der Waals surface area (Å²) in [4.78, 5) is 0. The van der Waals surface area contributed by atoms with Crippen molar-refractivity contribution in [3.05, 3.63) is 35.9 Å². The molecule has 0 spiro atoms. The first-order chi connectivity index (χ1) is 8.33. The fourth-order valence-corrected chi connectivity index (χ4v) is 3.40. The minimum Gasteiger partial charge on any atom is -0.252 e. The molecule has 1 aromatic carbocycles. The molecule has 0 aromatic heterocycles. The fraction of sp³-hybridized carbons (Fsp3) is 0.600. The quantitative estimate of drug-likeness (QED) is 0.840. The first-order valence-corrected chi connectivity index (χ1v) is 6.89. The highest BCUT2D eigenvalue weighted by Crippen LogP contribution is 2.31. The third-order valence-corrected chi connectivity index (χ3v) is 4.41. The Labute approximate surface area is 104 Å². The zero-order valence-electron chi connectivity index (χ0n) is 10.6. The van der Waals surface area contributed by atoms with Crippen molar-refractivity contribution >= 4 is 0 Å². The Morgan fingerprint density at radius 3 is 2.88 bits per heavy atom. The maximum atomic E-state index is 3.72. The van der Waals surface area contributed by atoms with Gasteiger partial charge in [-0.3, -0.25) is 5.43 Å². The zero-order chi connectivity index (χ0) is 11.7. The molecule has 0 radical (unpaired) electrons. The highest BCUT2D eigenvalue weighted by Gasteiger charge is 2.35. The van der Waals surface area contributed by atoms with E-state index in [0.717, 1.165) is 12.0 Å². The van der Waals surface area contributed by atoms with Crippen LogP contribution in [0.1, 0.15) is 31.7 Å². The molecule has 0 saturated carbocycles. The van der Waals surface area contributed by atoms with Crippen molar-refractivity contribution < 1.29 is 0 Å². The van der Waals surface area contributed by atoms with E-state index in [2.05, 4.69) is 47.7 Å². The Kier molecular flexibility index (Phi) is 3.17. The van der Waals surface area contributed by atoms with E-state index < -0.39 is 0 Å². The molecule has 2 aliphatic heterocycles. The molecule has 4 atom stereocenters. The van der Waals surface area contributed by atoms with Crippen LogP contribution < -0.4 is 5.43 Å². The number of piperidine rings is 1. The number of fused-ring (bicyclic) bond motifs is 2. The molecule has 2 saturated heterocycles. The second kappa shape index (κ2) is 4.79. The van der Waals surface area contributed by atoms with Gasteiger partial charge in [0.05, 0.1) is 0 Å². The summed E-state index contributed by atoms with van der Waals surface area (Å²) in [6, 6.07) is 12.2. The first kappa shape index (κ1) is 11.2. The number of hydrogen-bond donors (Lipinski definition) is 1. The number of benzene rings is 1. The Hall–Kier alpha value is -0.860. The van der Waals surface area contributed by atoms with Gasteiger partial charge in [-0.15, -0.1) is 0 Å². The summed E-state index contributed by atoms with van der Waals surface area (Å²) in [5, 5.41) is 2.48. The van der Waals surface area contributed by atoms with Gasteiger partial charge < -0.3 is 0 Å². The number of nitrogens with zero attached hydrogens (tertiary/aromatic N) is 1. The Bertz CT molecular complexity index is 348. The molecule has 92 valence electrons. The molecular formula is C15H22N2. The lowest BCUT2D eigenvalue weighted by Gasteiger charge is -2.47. The number of hydrogen-bond acceptors (Lipinski definition) is 2. The van der Waals surface area contributed by atoms with E-state index in [0.29, 0.717) is 6.04 Å². The topological polar surface area (TPSA) is 15.3 Å². The predicted molar refractivity (Wildman–Crippen MR) is 70.6 cm³/mol. The minimum absolute atomic E-state index is 0.638.